The number of nitrogens with one attached hydrogen (secondary N) is 2. The Balaban J connectivity index is 1.59. The predicted molar refractivity (Wildman–Crippen MR) is 120 cm³/mol. The number of rotatable bonds is 6. The van der Waals surface area contributed by atoms with Crippen LogP contribution >= 0.6 is 0 Å². The van der Waals surface area contributed by atoms with Crippen molar-refractivity contribution in [1.29, 1.82) is 0 Å². The molecule has 2 aromatic rings. The van der Waals surface area contributed by atoms with Crippen LogP contribution in [0.2, 0.25) is 0 Å². The van der Waals surface area contributed by atoms with E-state index in [1.165, 1.54) is 28.6 Å². The lowest BCUT2D eigenvalue weighted by Crippen LogP contribution is -2.39. The maximum atomic E-state index is 12.8. The molecule has 8 heteroatoms. The second-order valence-corrected chi connectivity index (χ2v) is 10.1. The van der Waals surface area contributed by atoms with E-state index < -0.39 is 15.9 Å². The number of anilines is 1. The van der Waals surface area contributed by atoms with Crippen LogP contribution in [-0.2, 0) is 14.8 Å². The van der Waals surface area contributed by atoms with Crippen molar-refractivity contribution >= 4 is 27.5 Å². The van der Waals surface area contributed by atoms with Gasteiger partial charge in [0.1, 0.15) is 0 Å². The largest absolute Gasteiger partial charge is 0.343 e. The molecule has 2 N–H and O–H groups in total. The Morgan fingerprint density at radius 3 is 2.48 bits per heavy atom. The van der Waals surface area contributed by atoms with Gasteiger partial charge in [0.2, 0.25) is 15.9 Å². The van der Waals surface area contributed by atoms with E-state index in [1.807, 2.05) is 39.0 Å². The molecule has 1 aliphatic heterocycles. The number of carbonyl (C=O) groups is 2. The second kappa shape index (κ2) is 9.62. The third kappa shape index (κ3) is 5.51. The highest BCUT2D eigenvalue weighted by molar-refractivity contribution is 7.89. The number of piperidine rings is 1. The molecular formula is C23H29N3O4S. The number of amides is 2. The molecule has 3 rings (SSSR count). The standard InChI is InChI=1S/C23H29N3O4S/c1-16-6-5-13-26(15-16)31(29,30)20-11-9-19(10-12-20)23(28)24-14-22(27)25-21-8-4-7-17(2)18(21)3/h4,7-12,16H,5-6,13-15H2,1-3H3,(H,24,28)(H,25,27)/t16-/m1/s1. The van der Waals surface area contributed by atoms with E-state index in [9.17, 15) is 18.0 Å². The molecule has 31 heavy (non-hydrogen) atoms. The third-order valence-corrected chi connectivity index (χ3v) is 7.54. The maximum Gasteiger partial charge on any atom is 0.251 e. The van der Waals surface area contributed by atoms with Crippen LogP contribution in [-0.4, -0.2) is 44.2 Å². The Morgan fingerprint density at radius 1 is 1.10 bits per heavy atom. The summed E-state index contributed by atoms with van der Waals surface area (Å²) in [4.78, 5) is 24.7. The van der Waals surface area contributed by atoms with Gasteiger partial charge in [-0.2, -0.15) is 4.31 Å². The lowest BCUT2D eigenvalue weighted by molar-refractivity contribution is -0.115. The van der Waals surface area contributed by atoms with E-state index >= 15 is 0 Å². The summed E-state index contributed by atoms with van der Waals surface area (Å²) in [5.74, 6) is -0.435. The summed E-state index contributed by atoms with van der Waals surface area (Å²) in [6, 6.07) is 11.5. The van der Waals surface area contributed by atoms with Gasteiger partial charge in [-0.3, -0.25) is 9.59 Å². The molecule has 0 radical (unpaired) electrons. The first-order valence-electron chi connectivity index (χ1n) is 10.4. The highest BCUT2D eigenvalue weighted by atomic mass is 32.2. The van der Waals surface area contributed by atoms with E-state index in [0.717, 1.165) is 24.0 Å². The zero-order valence-electron chi connectivity index (χ0n) is 18.1. The summed E-state index contributed by atoms with van der Waals surface area (Å²) >= 11 is 0. The summed E-state index contributed by atoms with van der Waals surface area (Å²) in [5.41, 5.74) is 3.05. The van der Waals surface area contributed by atoms with Crippen LogP contribution in [0.3, 0.4) is 0 Å². The molecule has 166 valence electrons. The number of benzene rings is 2. The first-order chi connectivity index (χ1) is 14.7. The Labute approximate surface area is 183 Å². The van der Waals surface area contributed by atoms with Gasteiger partial charge in [0.15, 0.2) is 0 Å². The van der Waals surface area contributed by atoms with Crippen molar-refractivity contribution in [2.24, 2.45) is 5.92 Å². The minimum atomic E-state index is -3.57. The molecule has 1 heterocycles. The SMILES string of the molecule is Cc1cccc(NC(=O)CNC(=O)c2ccc(S(=O)(=O)N3CCC[C@@H](C)C3)cc2)c1C. The zero-order valence-corrected chi connectivity index (χ0v) is 19.0. The summed E-state index contributed by atoms with van der Waals surface area (Å²) in [7, 11) is -3.57. The van der Waals surface area contributed by atoms with Crippen molar-refractivity contribution in [3.63, 3.8) is 0 Å². The van der Waals surface area contributed by atoms with E-state index in [-0.39, 0.29) is 17.3 Å². The van der Waals surface area contributed by atoms with Gasteiger partial charge in [-0.25, -0.2) is 8.42 Å². The lowest BCUT2D eigenvalue weighted by atomic mass is 10.0. The molecule has 0 aromatic heterocycles. The number of carbonyl (C=O) groups excluding carboxylic acids is 2. The Hall–Kier alpha value is -2.71. The topological polar surface area (TPSA) is 95.6 Å². The number of hydrogen-bond acceptors (Lipinski definition) is 4. The minimum Gasteiger partial charge on any atom is -0.343 e. The number of aryl methyl sites for hydroxylation is 1. The molecule has 1 atom stereocenters. The zero-order chi connectivity index (χ0) is 22.6. The molecule has 0 unspecified atom stereocenters. The second-order valence-electron chi connectivity index (χ2n) is 8.11. The smallest absolute Gasteiger partial charge is 0.251 e. The van der Waals surface area contributed by atoms with E-state index in [2.05, 4.69) is 10.6 Å². The Bertz CT molecular complexity index is 1060. The minimum absolute atomic E-state index is 0.172. The highest BCUT2D eigenvalue weighted by Gasteiger charge is 2.28. The van der Waals surface area contributed by atoms with E-state index in [1.54, 1.807) is 0 Å². The normalized spacial score (nSPS) is 17.2. The number of nitrogens with zero attached hydrogens (tertiary/aromatic N) is 1. The third-order valence-electron chi connectivity index (χ3n) is 5.66. The average Bonchev–Trinajstić information content (AvgIpc) is 2.75. The van der Waals surface area contributed by atoms with Gasteiger partial charge >= 0.3 is 0 Å². The van der Waals surface area contributed by atoms with Crippen molar-refractivity contribution in [2.45, 2.75) is 38.5 Å². The highest BCUT2D eigenvalue weighted by Crippen LogP contribution is 2.23. The molecule has 2 amide bonds. The van der Waals surface area contributed by atoms with E-state index in [0.29, 0.717) is 30.3 Å². The molecule has 0 saturated carbocycles. The first-order valence-corrected chi connectivity index (χ1v) is 11.9. The molecule has 0 bridgehead atoms. The monoisotopic (exact) mass is 443 g/mol. The molecule has 1 fully saturated rings. The van der Waals surface area contributed by atoms with Crippen LogP contribution in [0.1, 0.15) is 41.3 Å². The predicted octanol–water partition coefficient (Wildman–Crippen LogP) is 3.09. The van der Waals surface area contributed by atoms with Crippen LogP contribution in [0.4, 0.5) is 5.69 Å². The first kappa shape index (κ1) is 23.0. The fourth-order valence-electron chi connectivity index (χ4n) is 3.64. The maximum absolute atomic E-state index is 12.8. The molecule has 7 nitrogen and oxygen atoms in total. The molecule has 1 aliphatic rings. The number of sulfonamides is 1. The fourth-order valence-corrected chi connectivity index (χ4v) is 5.23. The van der Waals surface area contributed by atoms with E-state index in [4.69, 9.17) is 0 Å². The van der Waals surface area contributed by atoms with Gasteiger partial charge in [0.05, 0.1) is 11.4 Å². The van der Waals surface area contributed by atoms with Crippen molar-refractivity contribution in [3.05, 3.63) is 59.2 Å². The Morgan fingerprint density at radius 2 is 1.81 bits per heavy atom. The quantitative estimate of drug-likeness (QED) is 0.717. The van der Waals surface area contributed by atoms with Crippen LogP contribution in [0.25, 0.3) is 0 Å². The summed E-state index contributed by atoms with van der Waals surface area (Å²) < 4.78 is 27.2. The van der Waals surface area contributed by atoms with Crippen molar-refractivity contribution in [1.82, 2.24) is 9.62 Å². The van der Waals surface area contributed by atoms with Crippen LogP contribution in [0.5, 0.6) is 0 Å². The lowest BCUT2D eigenvalue weighted by Gasteiger charge is -2.30. The van der Waals surface area contributed by atoms with Crippen molar-refractivity contribution in [2.75, 3.05) is 25.0 Å². The van der Waals surface area contributed by atoms with Crippen molar-refractivity contribution < 1.29 is 18.0 Å². The molecular weight excluding hydrogens is 414 g/mol. The summed E-state index contributed by atoms with van der Waals surface area (Å²) in [6.07, 6.45) is 1.88. The number of hydrogen-bond donors (Lipinski definition) is 2. The van der Waals surface area contributed by atoms with Gasteiger partial charge in [-0.05, 0) is 74.1 Å². The average molecular weight is 444 g/mol. The fraction of sp³-hybridized carbons (Fsp3) is 0.391. The van der Waals surface area contributed by atoms with Crippen LogP contribution in [0, 0.1) is 19.8 Å². The Kier molecular flexibility index (Phi) is 7.12. The summed E-state index contributed by atoms with van der Waals surface area (Å²) in [6.45, 7) is 6.78. The summed E-state index contributed by atoms with van der Waals surface area (Å²) in [5, 5.41) is 5.36. The molecule has 2 aromatic carbocycles. The van der Waals surface area contributed by atoms with Gasteiger partial charge < -0.3 is 10.6 Å². The van der Waals surface area contributed by atoms with Crippen molar-refractivity contribution in [3.8, 4) is 0 Å². The molecule has 0 aliphatic carbocycles. The van der Waals surface area contributed by atoms with Crippen LogP contribution in [0.15, 0.2) is 47.4 Å². The van der Waals surface area contributed by atoms with Gasteiger partial charge in [0, 0.05) is 24.3 Å². The molecule has 0 spiro atoms. The van der Waals surface area contributed by atoms with Gasteiger partial charge in [0.25, 0.3) is 5.91 Å². The van der Waals surface area contributed by atoms with Crippen LogP contribution < -0.4 is 10.6 Å². The van der Waals surface area contributed by atoms with Gasteiger partial charge in [-0.15, -0.1) is 0 Å². The van der Waals surface area contributed by atoms with Gasteiger partial charge in [-0.1, -0.05) is 19.1 Å². The molecule has 1 saturated heterocycles.